The van der Waals surface area contributed by atoms with Crippen molar-refractivity contribution in [2.45, 2.75) is 0 Å². The van der Waals surface area contributed by atoms with Crippen LogP contribution in [0, 0.1) is 0 Å². The number of hydrogen-bond acceptors (Lipinski definition) is 4. The number of methoxy groups -OCH3 is 1. The molecule has 2 aromatic rings. The number of phenolic OH excluding ortho intramolecular Hbond substituents is 2. The van der Waals surface area contributed by atoms with E-state index in [2.05, 4.69) is 5.32 Å². The lowest BCUT2D eigenvalue weighted by Crippen LogP contribution is -2.12. The number of rotatable bonds is 3. The number of nitrogens with one attached hydrogen (secondary N) is 1. The maximum absolute atomic E-state index is 12.1. The van der Waals surface area contributed by atoms with Crippen molar-refractivity contribution in [3.05, 3.63) is 47.0 Å². The molecule has 104 valence electrons. The molecule has 0 aliphatic carbocycles. The third-order valence-electron chi connectivity index (χ3n) is 2.63. The number of hydrogen-bond donors (Lipinski definition) is 3. The van der Waals surface area contributed by atoms with E-state index in [1.165, 1.54) is 31.4 Å². The second-order valence-electron chi connectivity index (χ2n) is 4.00. The van der Waals surface area contributed by atoms with E-state index >= 15 is 0 Å². The van der Waals surface area contributed by atoms with Crippen LogP contribution in [0.5, 0.6) is 17.2 Å². The van der Waals surface area contributed by atoms with Crippen LogP contribution in [0.15, 0.2) is 36.4 Å². The molecule has 3 N–H and O–H groups in total. The number of benzene rings is 2. The van der Waals surface area contributed by atoms with Crippen molar-refractivity contribution in [1.82, 2.24) is 0 Å². The summed E-state index contributed by atoms with van der Waals surface area (Å²) < 4.78 is 5.11. The van der Waals surface area contributed by atoms with Gasteiger partial charge in [-0.15, -0.1) is 0 Å². The molecule has 0 unspecified atom stereocenters. The van der Waals surface area contributed by atoms with Gasteiger partial charge in [0, 0.05) is 5.02 Å². The van der Waals surface area contributed by atoms with Gasteiger partial charge in [-0.2, -0.15) is 0 Å². The second kappa shape index (κ2) is 5.71. The van der Waals surface area contributed by atoms with E-state index in [-0.39, 0.29) is 17.1 Å². The molecule has 0 heterocycles. The number of anilines is 1. The van der Waals surface area contributed by atoms with Crippen molar-refractivity contribution in [2.75, 3.05) is 12.4 Å². The van der Waals surface area contributed by atoms with Crippen LogP contribution in [0.1, 0.15) is 10.4 Å². The molecule has 6 heteroatoms. The molecule has 2 aromatic carbocycles. The molecular formula is C14H12ClNO4. The Morgan fingerprint density at radius 3 is 2.65 bits per heavy atom. The monoisotopic (exact) mass is 293 g/mol. The fourth-order valence-corrected chi connectivity index (χ4v) is 1.85. The van der Waals surface area contributed by atoms with Crippen molar-refractivity contribution in [3.63, 3.8) is 0 Å². The third kappa shape index (κ3) is 2.95. The van der Waals surface area contributed by atoms with Gasteiger partial charge in [0.1, 0.15) is 17.2 Å². The molecule has 0 aliphatic heterocycles. The van der Waals surface area contributed by atoms with Crippen LogP contribution < -0.4 is 10.1 Å². The Labute approximate surface area is 120 Å². The second-order valence-corrected chi connectivity index (χ2v) is 4.44. The molecule has 0 saturated heterocycles. The van der Waals surface area contributed by atoms with Gasteiger partial charge in [0.15, 0.2) is 0 Å². The minimum absolute atomic E-state index is 0.0490. The zero-order valence-electron chi connectivity index (χ0n) is 10.6. The van der Waals surface area contributed by atoms with Gasteiger partial charge in [-0.25, -0.2) is 0 Å². The Morgan fingerprint density at radius 1 is 1.20 bits per heavy atom. The van der Waals surface area contributed by atoms with Crippen molar-refractivity contribution in [3.8, 4) is 17.2 Å². The van der Waals surface area contributed by atoms with Crippen molar-refractivity contribution >= 4 is 23.2 Å². The van der Waals surface area contributed by atoms with E-state index in [4.69, 9.17) is 16.3 Å². The smallest absolute Gasteiger partial charge is 0.259 e. The summed E-state index contributed by atoms with van der Waals surface area (Å²) >= 11 is 5.86. The summed E-state index contributed by atoms with van der Waals surface area (Å²) in [4.78, 5) is 12.1. The summed E-state index contributed by atoms with van der Waals surface area (Å²) in [5.74, 6) is -0.506. The average molecular weight is 294 g/mol. The topological polar surface area (TPSA) is 78.8 Å². The molecule has 0 atom stereocenters. The largest absolute Gasteiger partial charge is 0.508 e. The minimum Gasteiger partial charge on any atom is -0.508 e. The molecular weight excluding hydrogens is 282 g/mol. The lowest BCUT2D eigenvalue weighted by Gasteiger charge is -2.11. The van der Waals surface area contributed by atoms with Crippen LogP contribution >= 0.6 is 11.6 Å². The maximum atomic E-state index is 12.1. The van der Waals surface area contributed by atoms with E-state index in [1.54, 1.807) is 12.1 Å². The molecule has 0 aromatic heterocycles. The maximum Gasteiger partial charge on any atom is 0.259 e. The molecule has 0 saturated carbocycles. The zero-order chi connectivity index (χ0) is 14.7. The molecule has 1 amide bonds. The van der Waals surface area contributed by atoms with Crippen LogP contribution in [0.2, 0.25) is 5.02 Å². The molecule has 2 rings (SSSR count). The van der Waals surface area contributed by atoms with Gasteiger partial charge in [-0.05, 0) is 36.4 Å². The first-order valence-corrected chi connectivity index (χ1v) is 6.06. The lowest BCUT2D eigenvalue weighted by molar-refractivity contribution is 0.102. The number of ether oxygens (including phenoxy) is 1. The number of aromatic hydroxyl groups is 2. The third-order valence-corrected chi connectivity index (χ3v) is 2.87. The van der Waals surface area contributed by atoms with Crippen LogP contribution in [0.4, 0.5) is 5.69 Å². The first-order chi connectivity index (χ1) is 9.51. The van der Waals surface area contributed by atoms with E-state index < -0.39 is 5.91 Å². The molecule has 0 spiro atoms. The predicted molar refractivity (Wildman–Crippen MR) is 75.7 cm³/mol. The predicted octanol–water partition coefficient (Wildman–Crippen LogP) is 3.01. The highest BCUT2D eigenvalue weighted by Gasteiger charge is 2.14. The van der Waals surface area contributed by atoms with Gasteiger partial charge in [0.05, 0.1) is 18.4 Å². The summed E-state index contributed by atoms with van der Waals surface area (Å²) in [5.41, 5.74) is 0.319. The Balaban J connectivity index is 2.32. The number of carbonyl (C=O) groups is 1. The highest BCUT2D eigenvalue weighted by atomic mass is 35.5. The van der Waals surface area contributed by atoms with E-state index in [0.717, 1.165) is 0 Å². The van der Waals surface area contributed by atoms with E-state index in [9.17, 15) is 15.0 Å². The van der Waals surface area contributed by atoms with Crippen molar-refractivity contribution < 1.29 is 19.7 Å². The lowest BCUT2D eigenvalue weighted by atomic mass is 10.1. The van der Waals surface area contributed by atoms with Crippen LogP contribution in [0.3, 0.4) is 0 Å². The van der Waals surface area contributed by atoms with Crippen molar-refractivity contribution in [1.29, 1.82) is 0 Å². The molecule has 0 aliphatic rings. The molecule has 20 heavy (non-hydrogen) atoms. The average Bonchev–Trinajstić information content (AvgIpc) is 2.41. The molecule has 5 nitrogen and oxygen atoms in total. The first kappa shape index (κ1) is 14.0. The number of halogens is 1. The SMILES string of the molecule is COc1ccc(Cl)cc1NC(=O)c1cc(O)ccc1O. The van der Waals surface area contributed by atoms with Crippen LogP contribution in [-0.4, -0.2) is 23.2 Å². The zero-order valence-corrected chi connectivity index (χ0v) is 11.3. The Bertz CT molecular complexity index is 658. The highest BCUT2D eigenvalue weighted by molar-refractivity contribution is 6.31. The highest BCUT2D eigenvalue weighted by Crippen LogP contribution is 2.29. The molecule has 0 bridgehead atoms. The fraction of sp³-hybridized carbons (Fsp3) is 0.0714. The Hall–Kier alpha value is -2.40. The van der Waals surface area contributed by atoms with E-state index in [1.807, 2.05) is 0 Å². The minimum atomic E-state index is -0.584. The van der Waals surface area contributed by atoms with Gasteiger partial charge in [0.25, 0.3) is 5.91 Å². The summed E-state index contributed by atoms with van der Waals surface area (Å²) in [6, 6.07) is 8.45. The van der Waals surface area contributed by atoms with Gasteiger partial charge < -0.3 is 20.3 Å². The van der Waals surface area contributed by atoms with Gasteiger partial charge in [-0.1, -0.05) is 11.6 Å². The summed E-state index contributed by atoms with van der Waals surface area (Å²) in [6.45, 7) is 0. The normalized spacial score (nSPS) is 10.1. The van der Waals surface area contributed by atoms with Crippen molar-refractivity contribution in [2.24, 2.45) is 0 Å². The van der Waals surface area contributed by atoms with E-state index in [0.29, 0.717) is 16.5 Å². The van der Waals surface area contributed by atoms with Gasteiger partial charge in [-0.3, -0.25) is 4.79 Å². The number of amides is 1. The van der Waals surface area contributed by atoms with Gasteiger partial charge in [0.2, 0.25) is 0 Å². The fourth-order valence-electron chi connectivity index (χ4n) is 1.67. The molecule has 0 radical (unpaired) electrons. The first-order valence-electron chi connectivity index (χ1n) is 5.68. The van der Waals surface area contributed by atoms with Crippen LogP contribution in [-0.2, 0) is 0 Å². The van der Waals surface area contributed by atoms with Gasteiger partial charge >= 0.3 is 0 Å². The summed E-state index contributed by atoms with van der Waals surface area (Å²) in [6.07, 6.45) is 0. The Morgan fingerprint density at radius 2 is 1.95 bits per heavy atom. The number of phenols is 2. The summed E-state index contributed by atoms with van der Waals surface area (Å²) in [5, 5.41) is 22.0. The Kier molecular flexibility index (Phi) is 4.00. The summed E-state index contributed by atoms with van der Waals surface area (Å²) in [7, 11) is 1.46. The van der Waals surface area contributed by atoms with Crippen LogP contribution in [0.25, 0.3) is 0 Å². The quantitative estimate of drug-likeness (QED) is 0.760. The number of carbonyl (C=O) groups excluding carboxylic acids is 1. The molecule has 0 fully saturated rings. The standard InChI is InChI=1S/C14H12ClNO4/c1-20-13-5-2-8(15)6-11(13)16-14(19)10-7-9(17)3-4-12(10)18/h2-7,17-18H,1H3,(H,16,19).